The fourth-order valence-corrected chi connectivity index (χ4v) is 7.23. The molecule has 1 aliphatic heterocycles. The average molecular weight is 515 g/mol. The van der Waals surface area contributed by atoms with E-state index in [0.29, 0.717) is 29.8 Å². The van der Waals surface area contributed by atoms with Crippen LogP contribution in [0.2, 0.25) is 0 Å². The molecule has 0 amide bonds. The summed E-state index contributed by atoms with van der Waals surface area (Å²) in [6.45, 7) is 11.6. The van der Waals surface area contributed by atoms with Crippen molar-refractivity contribution >= 4 is 21.9 Å². The lowest BCUT2D eigenvalue weighted by Crippen LogP contribution is -2.42. The quantitative estimate of drug-likeness (QED) is 0.535. The second-order valence-electron chi connectivity index (χ2n) is 11.1. The maximum atomic E-state index is 13.5. The summed E-state index contributed by atoms with van der Waals surface area (Å²) in [5.41, 5.74) is 5.45. The molecule has 1 heterocycles. The molecule has 2 aliphatic rings. The van der Waals surface area contributed by atoms with Gasteiger partial charge in [0.15, 0.2) is 6.10 Å². The van der Waals surface area contributed by atoms with Crippen molar-refractivity contribution < 1.29 is 23.1 Å². The minimum Gasteiger partial charge on any atom is -0.479 e. The van der Waals surface area contributed by atoms with Crippen LogP contribution in [0.15, 0.2) is 24.3 Å². The van der Waals surface area contributed by atoms with Crippen LogP contribution in [0.4, 0.5) is 5.69 Å². The molecule has 0 saturated heterocycles. The molecule has 0 aromatic heterocycles. The Balaban J connectivity index is 1.97. The summed E-state index contributed by atoms with van der Waals surface area (Å²) in [7, 11) is -3.78. The predicted molar refractivity (Wildman–Crippen MR) is 143 cm³/mol. The standard InChI is InChI=1S/C28H38N2O5S/c1-17-11-13-20(14-12-17)23-18(2)22-15-16-30(21-9-7-8-10-21)36(33,34)29-25(22)19(3)24(23)26(27(31)32)35-28(4,5)6/h11-14,21,26,29H,7-10,15-16H2,1-6H3,(H,31,32)/t26-/m0/s1. The van der Waals surface area contributed by atoms with E-state index >= 15 is 0 Å². The molecule has 1 aliphatic carbocycles. The van der Waals surface area contributed by atoms with Crippen molar-refractivity contribution in [3.8, 4) is 11.1 Å². The van der Waals surface area contributed by atoms with Crippen molar-refractivity contribution in [2.24, 2.45) is 0 Å². The molecule has 2 N–H and O–H groups in total. The number of carboxylic acids is 1. The average Bonchev–Trinajstić information content (AvgIpc) is 3.25. The fourth-order valence-electron chi connectivity index (χ4n) is 5.65. The number of fused-ring (bicyclic) bond motifs is 1. The Morgan fingerprint density at radius 2 is 1.69 bits per heavy atom. The molecule has 1 saturated carbocycles. The van der Waals surface area contributed by atoms with E-state index < -0.39 is 27.9 Å². The van der Waals surface area contributed by atoms with Gasteiger partial charge in [-0.15, -0.1) is 0 Å². The van der Waals surface area contributed by atoms with Crippen LogP contribution in [0.5, 0.6) is 0 Å². The van der Waals surface area contributed by atoms with Crippen LogP contribution in [0, 0.1) is 20.8 Å². The first-order chi connectivity index (χ1) is 16.8. The van der Waals surface area contributed by atoms with Gasteiger partial charge in [0.25, 0.3) is 0 Å². The highest BCUT2D eigenvalue weighted by molar-refractivity contribution is 7.90. The summed E-state index contributed by atoms with van der Waals surface area (Å²) >= 11 is 0. The van der Waals surface area contributed by atoms with Crippen LogP contribution < -0.4 is 4.72 Å². The van der Waals surface area contributed by atoms with Crippen molar-refractivity contribution in [1.29, 1.82) is 0 Å². The number of carbonyl (C=O) groups is 1. The number of hydrogen-bond donors (Lipinski definition) is 2. The van der Waals surface area contributed by atoms with Crippen molar-refractivity contribution in [3.63, 3.8) is 0 Å². The first-order valence-corrected chi connectivity index (χ1v) is 14.2. The summed E-state index contributed by atoms with van der Waals surface area (Å²) in [4.78, 5) is 12.6. The number of ether oxygens (including phenoxy) is 1. The number of rotatable bonds is 5. The van der Waals surface area contributed by atoms with Crippen LogP contribution in [0.3, 0.4) is 0 Å². The van der Waals surface area contributed by atoms with Crippen molar-refractivity contribution in [2.75, 3.05) is 11.3 Å². The molecular weight excluding hydrogens is 476 g/mol. The number of nitrogens with zero attached hydrogens (tertiary/aromatic N) is 1. The zero-order valence-corrected chi connectivity index (χ0v) is 23.0. The molecule has 36 heavy (non-hydrogen) atoms. The van der Waals surface area contributed by atoms with E-state index in [4.69, 9.17) is 4.74 Å². The molecule has 2 aromatic rings. The highest BCUT2D eigenvalue weighted by Crippen LogP contribution is 2.45. The summed E-state index contributed by atoms with van der Waals surface area (Å²) < 4.78 is 37.6. The molecule has 0 spiro atoms. The number of nitrogens with one attached hydrogen (secondary N) is 1. The van der Waals surface area contributed by atoms with Crippen LogP contribution in [0.25, 0.3) is 11.1 Å². The van der Waals surface area contributed by atoms with Crippen molar-refractivity contribution in [1.82, 2.24) is 4.31 Å². The molecule has 8 heteroatoms. The molecule has 0 radical (unpaired) electrons. The van der Waals surface area contributed by atoms with Gasteiger partial charge in [0.2, 0.25) is 0 Å². The molecule has 1 fully saturated rings. The highest BCUT2D eigenvalue weighted by atomic mass is 32.2. The Hall–Kier alpha value is -2.42. The normalized spacial score (nSPS) is 19.4. The van der Waals surface area contributed by atoms with Gasteiger partial charge in [-0.05, 0) is 88.6 Å². The smallest absolute Gasteiger partial charge is 0.337 e. The van der Waals surface area contributed by atoms with E-state index in [1.54, 1.807) is 11.2 Å². The summed E-state index contributed by atoms with van der Waals surface area (Å²) in [5.74, 6) is -1.11. The van der Waals surface area contributed by atoms with Gasteiger partial charge in [-0.1, -0.05) is 42.7 Å². The Kier molecular flexibility index (Phi) is 7.25. The molecule has 7 nitrogen and oxygen atoms in total. The topological polar surface area (TPSA) is 95.9 Å². The minimum absolute atomic E-state index is 0.00413. The van der Waals surface area contributed by atoms with Gasteiger partial charge in [-0.25, -0.2) is 4.79 Å². The monoisotopic (exact) mass is 514 g/mol. The van der Waals surface area contributed by atoms with E-state index in [-0.39, 0.29) is 6.04 Å². The zero-order chi connectivity index (χ0) is 26.4. The Morgan fingerprint density at radius 1 is 1.08 bits per heavy atom. The van der Waals surface area contributed by atoms with Gasteiger partial charge < -0.3 is 9.84 Å². The van der Waals surface area contributed by atoms with Crippen LogP contribution in [-0.2, 0) is 26.2 Å². The first-order valence-electron chi connectivity index (χ1n) is 12.7. The van der Waals surface area contributed by atoms with E-state index in [2.05, 4.69) is 4.72 Å². The lowest BCUT2D eigenvalue weighted by molar-refractivity contribution is -0.160. The Labute approximate surface area is 215 Å². The SMILES string of the molecule is Cc1ccc(-c2c(C)c3c(c(C)c2[C@H](OC(C)(C)C)C(=O)O)NS(=O)(=O)N(C2CCCC2)CC3)cc1. The van der Waals surface area contributed by atoms with Gasteiger partial charge in [0.1, 0.15) is 0 Å². The summed E-state index contributed by atoms with van der Waals surface area (Å²) in [6.07, 6.45) is 3.11. The van der Waals surface area contributed by atoms with Gasteiger partial charge in [-0.3, -0.25) is 4.72 Å². The van der Waals surface area contributed by atoms with Gasteiger partial charge in [0.05, 0.1) is 11.3 Å². The number of aliphatic carboxylic acids is 1. The summed E-state index contributed by atoms with van der Waals surface area (Å²) in [5, 5.41) is 10.3. The molecule has 4 rings (SSSR count). The number of hydrogen-bond acceptors (Lipinski definition) is 4. The molecular formula is C28H38N2O5S. The zero-order valence-electron chi connectivity index (χ0n) is 22.1. The second-order valence-corrected chi connectivity index (χ2v) is 12.7. The number of anilines is 1. The van der Waals surface area contributed by atoms with Gasteiger partial charge in [-0.2, -0.15) is 12.7 Å². The van der Waals surface area contributed by atoms with Crippen LogP contribution in [-0.4, -0.2) is 42.0 Å². The predicted octanol–water partition coefficient (Wildman–Crippen LogP) is 5.68. The first kappa shape index (κ1) is 26.6. The van der Waals surface area contributed by atoms with Crippen LogP contribution >= 0.6 is 0 Å². The lowest BCUT2D eigenvalue weighted by atomic mass is 9.83. The third-order valence-corrected chi connectivity index (χ3v) is 8.89. The molecule has 0 bridgehead atoms. The summed E-state index contributed by atoms with van der Waals surface area (Å²) in [6, 6.07) is 8.00. The minimum atomic E-state index is -3.78. The maximum Gasteiger partial charge on any atom is 0.337 e. The third-order valence-electron chi connectivity index (χ3n) is 7.33. The van der Waals surface area contributed by atoms with Crippen molar-refractivity contribution in [3.05, 3.63) is 52.1 Å². The third kappa shape index (κ3) is 5.17. The van der Waals surface area contributed by atoms with E-state index in [0.717, 1.165) is 53.5 Å². The Morgan fingerprint density at radius 3 is 2.25 bits per heavy atom. The molecule has 2 aromatic carbocycles. The van der Waals surface area contributed by atoms with E-state index in [9.17, 15) is 18.3 Å². The Bertz CT molecular complexity index is 1260. The van der Waals surface area contributed by atoms with Gasteiger partial charge >= 0.3 is 16.2 Å². The largest absolute Gasteiger partial charge is 0.479 e. The lowest BCUT2D eigenvalue weighted by Gasteiger charge is -2.30. The molecule has 1 atom stereocenters. The maximum absolute atomic E-state index is 13.5. The van der Waals surface area contributed by atoms with Crippen LogP contribution in [0.1, 0.15) is 80.4 Å². The van der Waals surface area contributed by atoms with E-state index in [1.165, 1.54) is 0 Å². The van der Waals surface area contributed by atoms with Crippen molar-refractivity contribution in [2.45, 2.75) is 91.4 Å². The highest BCUT2D eigenvalue weighted by Gasteiger charge is 2.38. The molecule has 0 unspecified atom stereocenters. The number of aryl methyl sites for hydroxylation is 1. The number of carboxylic acid groups (broad SMARTS) is 1. The molecule has 196 valence electrons. The fraction of sp³-hybridized carbons (Fsp3) is 0.536. The van der Waals surface area contributed by atoms with Gasteiger partial charge in [0, 0.05) is 18.2 Å². The van der Waals surface area contributed by atoms with E-state index in [1.807, 2.05) is 58.9 Å². The second kappa shape index (κ2) is 9.80. The number of benzene rings is 2.